The Labute approximate surface area is 112 Å². The van der Waals surface area contributed by atoms with Crippen molar-refractivity contribution >= 4 is 31.5 Å². The average Bonchev–Trinajstić information content (AvgIpc) is 2.52. The summed E-state index contributed by atoms with van der Waals surface area (Å²) in [7, 11) is -6.76. The predicted octanol–water partition coefficient (Wildman–Crippen LogP) is -0.511. The maximum absolute atomic E-state index is 12.1. The molecule has 18 heavy (non-hydrogen) atoms. The molecule has 2 heterocycles. The molecule has 1 N–H and O–H groups in total. The SMILES string of the molecule is O=S1(=O)CC(Cl)C(NS(=O)(=O)C2CCOCC2)C1. The number of hydrogen-bond donors (Lipinski definition) is 1. The first-order chi connectivity index (χ1) is 8.30. The molecule has 0 radical (unpaired) electrons. The summed E-state index contributed by atoms with van der Waals surface area (Å²) in [6.45, 7) is 0.831. The Balaban J connectivity index is 2.04. The molecule has 2 aliphatic rings. The van der Waals surface area contributed by atoms with Crippen molar-refractivity contribution in [3.05, 3.63) is 0 Å². The summed E-state index contributed by atoms with van der Waals surface area (Å²) >= 11 is 5.88. The number of sulfone groups is 1. The monoisotopic (exact) mass is 317 g/mol. The number of alkyl halides is 1. The molecule has 2 fully saturated rings. The van der Waals surface area contributed by atoms with Gasteiger partial charge in [0.2, 0.25) is 10.0 Å². The summed E-state index contributed by atoms with van der Waals surface area (Å²) in [4.78, 5) is 0. The van der Waals surface area contributed by atoms with E-state index >= 15 is 0 Å². The largest absolute Gasteiger partial charge is 0.381 e. The van der Waals surface area contributed by atoms with Gasteiger partial charge in [-0.1, -0.05) is 0 Å². The summed E-state index contributed by atoms with van der Waals surface area (Å²) in [5, 5.41) is -1.21. The van der Waals surface area contributed by atoms with Crippen LogP contribution in [0, 0.1) is 0 Å². The zero-order valence-corrected chi connectivity index (χ0v) is 12.1. The molecule has 9 heteroatoms. The van der Waals surface area contributed by atoms with E-state index in [0.29, 0.717) is 26.1 Å². The van der Waals surface area contributed by atoms with Crippen LogP contribution in [-0.4, -0.2) is 58.2 Å². The third-order valence-electron chi connectivity index (χ3n) is 3.21. The van der Waals surface area contributed by atoms with Gasteiger partial charge in [0.1, 0.15) is 0 Å². The lowest BCUT2D eigenvalue weighted by molar-refractivity contribution is 0.0981. The van der Waals surface area contributed by atoms with Gasteiger partial charge in [-0.2, -0.15) is 0 Å². The van der Waals surface area contributed by atoms with Crippen molar-refractivity contribution in [1.29, 1.82) is 0 Å². The molecule has 6 nitrogen and oxygen atoms in total. The van der Waals surface area contributed by atoms with Gasteiger partial charge in [-0.15, -0.1) is 11.6 Å². The number of sulfonamides is 1. The van der Waals surface area contributed by atoms with E-state index in [1.165, 1.54) is 0 Å². The van der Waals surface area contributed by atoms with E-state index in [9.17, 15) is 16.8 Å². The van der Waals surface area contributed by atoms with E-state index in [1.54, 1.807) is 0 Å². The number of halogens is 1. The molecular formula is C9H16ClNO5S2. The number of rotatable bonds is 3. The van der Waals surface area contributed by atoms with E-state index in [-0.39, 0.29) is 11.5 Å². The third-order valence-corrected chi connectivity index (χ3v) is 7.56. The van der Waals surface area contributed by atoms with Crippen LogP contribution in [0.3, 0.4) is 0 Å². The van der Waals surface area contributed by atoms with Crippen molar-refractivity contribution in [2.24, 2.45) is 0 Å². The lowest BCUT2D eigenvalue weighted by Crippen LogP contribution is -2.46. The molecule has 2 saturated heterocycles. The zero-order valence-electron chi connectivity index (χ0n) is 9.71. The summed E-state index contributed by atoms with van der Waals surface area (Å²) in [5.41, 5.74) is 0. The Morgan fingerprint density at radius 3 is 2.28 bits per heavy atom. The van der Waals surface area contributed by atoms with Crippen molar-refractivity contribution in [2.45, 2.75) is 29.5 Å². The standard InChI is InChI=1S/C9H16ClNO5S2/c10-8-5-17(12,13)6-9(8)11-18(14,15)7-1-3-16-4-2-7/h7-9,11H,1-6H2. The van der Waals surface area contributed by atoms with Crippen LogP contribution < -0.4 is 4.72 Å². The van der Waals surface area contributed by atoms with E-state index in [1.807, 2.05) is 0 Å². The van der Waals surface area contributed by atoms with Crippen LogP contribution in [0.2, 0.25) is 0 Å². The van der Waals surface area contributed by atoms with Crippen molar-refractivity contribution in [2.75, 3.05) is 24.7 Å². The molecule has 2 unspecified atom stereocenters. The van der Waals surface area contributed by atoms with Gasteiger partial charge in [-0.3, -0.25) is 0 Å². The molecule has 2 rings (SSSR count). The van der Waals surface area contributed by atoms with E-state index in [2.05, 4.69) is 4.72 Å². The number of hydrogen-bond acceptors (Lipinski definition) is 5. The molecule has 2 atom stereocenters. The first-order valence-corrected chi connectivity index (χ1v) is 9.54. The normalized spacial score (nSPS) is 33.6. The highest BCUT2D eigenvalue weighted by Gasteiger charge is 2.40. The van der Waals surface area contributed by atoms with Crippen molar-refractivity contribution in [1.82, 2.24) is 4.72 Å². The molecule has 0 aromatic rings. The second-order valence-electron chi connectivity index (χ2n) is 4.67. The fourth-order valence-electron chi connectivity index (χ4n) is 2.21. The molecule has 0 amide bonds. The van der Waals surface area contributed by atoms with Gasteiger partial charge in [-0.25, -0.2) is 21.6 Å². The minimum absolute atomic E-state index is 0.171. The van der Waals surface area contributed by atoms with Crippen LogP contribution in [0.15, 0.2) is 0 Å². The van der Waals surface area contributed by atoms with Crippen molar-refractivity contribution < 1.29 is 21.6 Å². The van der Waals surface area contributed by atoms with Crippen LogP contribution in [0.5, 0.6) is 0 Å². The maximum Gasteiger partial charge on any atom is 0.214 e. The van der Waals surface area contributed by atoms with E-state index in [0.717, 1.165) is 0 Å². The highest BCUT2D eigenvalue weighted by atomic mass is 35.5. The second kappa shape index (κ2) is 5.24. The second-order valence-corrected chi connectivity index (χ2v) is 9.38. The van der Waals surface area contributed by atoms with E-state index < -0.39 is 36.5 Å². The predicted molar refractivity (Wildman–Crippen MR) is 68.0 cm³/mol. The van der Waals surface area contributed by atoms with Gasteiger partial charge in [-0.05, 0) is 12.8 Å². The Morgan fingerprint density at radius 1 is 1.17 bits per heavy atom. The number of ether oxygens (including phenoxy) is 1. The third kappa shape index (κ3) is 3.36. The first kappa shape index (κ1) is 14.5. The number of nitrogens with one attached hydrogen (secondary N) is 1. The van der Waals surface area contributed by atoms with Gasteiger partial charge >= 0.3 is 0 Å². The molecule has 0 saturated carbocycles. The molecule has 0 bridgehead atoms. The van der Waals surface area contributed by atoms with Gasteiger partial charge in [0, 0.05) is 13.2 Å². The molecule has 0 aromatic heterocycles. The van der Waals surface area contributed by atoms with Crippen LogP contribution in [0.1, 0.15) is 12.8 Å². The van der Waals surface area contributed by atoms with Gasteiger partial charge in [0.25, 0.3) is 0 Å². The average molecular weight is 318 g/mol. The molecule has 2 aliphatic heterocycles. The van der Waals surface area contributed by atoms with Gasteiger partial charge in [0.15, 0.2) is 9.84 Å². The van der Waals surface area contributed by atoms with Crippen molar-refractivity contribution in [3.63, 3.8) is 0 Å². The fraction of sp³-hybridized carbons (Fsp3) is 1.00. The summed E-state index contributed by atoms with van der Waals surface area (Å²) in [6, 6.07) is -0.718. The lowest BCUT2D eigenvalue weighted by Gasteiger charge is -2.24. The van der Waals surface area contributed by atoms with Crippen LogP contribution >= 0.6 is 11.6 Å². The van der Waals surface area contributed by atoms with Gasteiger partial charge < -0.3 is 4.74 Å². The quantitative estimate of drug-likeness (QED) is 0.708. The zero-order chi connectivity index (χ0) is 13.4. The minimum Gasteiger partial charge on any atom is -0.381 e. The maximum atomic E-state index is 12.1. The Bertz CT molecular complexity index is 497. The lowest BCUT2D eigenvalue weighted by atomic mass is 10.2. The molecule has 0 spiro atoms. The minimum atomic E-state index is -3.53. The Morgan fingerprint density at radius 2 is 1.78 bits per heavy atom. The fourth-order valence-corrected chi connectivity index (χ4v) is 6.61. The van der Waals surface area contributed by atoms with Gasteiger partial charge in [0.05, 0.1) is 28.2 Å². The highest BCUT2D eigenvalue weighted by Crippen LogP contribution is 2.21. The van der Waals surface area contributed by atoms with Crippen LogP contribution in [0.25, 0.3) is 0 Å². The molecule has 0 aromatic carbocycles. The van der Waals surface area contributed by atoms with E-state index in [4.69, 9.17) is 16.3 Å². The topological polar surface area (TPSA) is 89.5 Å². The summed E-state index contributed by atoms with van der Waals surface area (Å²) < 4.78 is 54.4. The Kier molecular flexibility index (Phi) is 4.23. The van der Waals surface area contributed by atoms with Crippen LogP contribution in [-0.2, 0) is 24.6 Å². The van der Waals surface area contributed by atoms with Crippen molar-refractivity contribution in [3.8, 4) is 0 Å². The molecule has 0 aliphatic carbocycles. The summed E-state index contributed by atoms with van der Waals surface area (Å²) in [5.74, 6) is -0.390. The Hall–Kier alpha value is 0.110. The first-order valence-electron chi connectivity index (χ1n) is 5.73. The molecular weight excluding hydrogens is 302 g/mol. The molecule has 106 valence electrons. The highest BCUT2D eigenvalue weighted by molar-refractivity contribution is 7.92. The summed E-state index contributed by atoms with van der Waals surface area (Å²) in [6.07, 6.45) is 0.865. The smallest absolute Gasteiger partial charge is 0.214 e. The van der Waals surface area contributed by atoms with Crippen LogP contribution in [0.4, 0.5) is 0 Å².